The Morgan fingerprint density at radius 2 is 2.12 bits per heavy atom. The van der Waals surface area contributed by atoms with E-state index >= 15 is 0 Å². The molecule has 1 rings (SSSR count). The van der Waals surface area contributed by atoms with Gasteiger partial charge in [0.2, 0.25) is 6.10 Å². The van der Waals surface area contributed by atoms with Crippen LogP contribution in [0.25, 0.3) is 0 Å². The summed E-state index contributed by atoms with van der Waals surface area (Å²) in [5.41, 5.74) is 0. The van der Waals surface area contributed by atoms with Gasteiger partial charge in [-0.2, -0.15) is 0 Å². The van der Waals surface area contributed by atoms with Crippen LogP contribution in [-0.2, 0) is 9.53 Å². The van der Waals surface area contributed by atoms with Crippen LogP contribution in [0.2, 0.25) is 10.0 Å². The van der Waals surface area contributed by atoms with Gasteiger partial charge in [0.05, 0.1) is 16.7 Å². The lowest BCUT2D eigenvalue weighted by atomic mass is 10.3. The molecule has 0 bridgehead atoms. The highest BCUT2D eigenvalue weighted by atomic mass is 79.9. The smallest absolute Gasteiger partial charge is 0.347 e. The van der Waals surface area contributed by atoms with Crippen molar-refractivity contribution >= 4 is 45.1 Å². The summed E-state index contributed by atoms with van der Waals surface area (Å²) in [6, 6.07) is 2.98. The van der Waals surface area contributed by atoms with Crippen molar-refractivity contribution in [1.29, 1.82) is 0 Å². The fourth-order valence-electron chi connectivity index (χ4n) is 1.05. The van der Waals surface area contributed by atoms with Crippen molar-refractivity contribution in [3.05, 3.63) is 26.7 Å². The van der Waals surface area contributed by atoms with Gasteiger partial charge in [0.25, 0.3) is 0 Å². The number of aliphatic carboxylic acids is 1. The van der Waals surface area contributed by atoms with Gasteiger partial charge in [0.15, 0.2) is 0 Å². The molecule has 7 heteroatoms. The Bertz CT molecular complexity index is 425. The first-order valence-electron chi connectivity index (χ1n) is 4.48. The normalized spacial score (nSPS) is 12.2. The molecule has 0 heterocycles. The molecule has 4 nitrogen and oxygen atoms in total. The van der Waals surface area contributed by atoms with E-state index in [1.807, 2.05) is 0 Å². The maximum absolute atomic E-state index is 10.9. The molecule has 1 unspecified atom stereocenters. The average Bonchev–Trinajstić information content (AvgIpc) is 2.24. The van der Waals surface area contributed by atoms with E-state index in [9.17, 15) is 4.79 Å². The first-order chi connectivity index (χ1) is 7.95. The van der Waals surface area contributed by atoms with Gasteiger partial charge in [0, 0.05) is 17.6 Å². The van der Waals surface area contributed by atoms with Gasteiger partial charge in [-0.15, -0.1) is 0 Å². The monoisotopic (exact) mass is 342 g/mol. The molecule has 0 aromatic heterocycles. The lowest BCUT2D eigenvalue weighted by Crippen LogP contribution is -2.31. The Morgan fingerprint density at radius 3 is 2.65 bits per heavy atom. The molecule has 0 aliphatic carbocycles. The van der Waals surface area contributed by atoms with Gasteiger partial charge < -0.3 is 14.6 Å². The summed E-state index contributed by atoms with van der Waals surface area (Å²) in [6.45, 7) is -0.0840. The number of carboxylic acid groups (broad SMARTS) is 1. The SMILES string of the molecule is COCC(Oc1cc(Cl)c(Br)cc1Cl)C(=O)O. The molecule has 0 spiro atoms. The van der Waals surface area contributed by atoms with Crippen molar-refractivity contribution in [3.8, 4) is 5.75 Å². The van der Waals surface area contributed by atoms with Gasteiger partial charge >= 0.3 is 5.97 Å². The minimum atomic E-state index is -1.14. The lowest BCUT2D eigenvalue weighted by Gasteiger charge is -2.15. The third kappa shape index (κ3) is 4.03. The third-order valence-electron chi connectivity index (χ3n) is 1.84. The summed E-state index contributed by atoms with van der Waals surface area (Å²) >= 11 is 15.0. The molecule has 0 aliphatic heterocycles. The topological polar surface area (TPSA) is 55.8 Å². The van der Waals surface area contributed by atoms with Crippen LogP contribution in [0.1, 0.15) is 0 Å². The number of rotatable bonds is 5. The van der Waals surface area contributed by atoms with Crippen LogP contribution in [-0.4, -0.2) is 30.9 Å². The van der Waals surface area contributed by atoms with E-state index in [1.54, 1.807) is 0 Å². The Kier molecular flexibility index (Phi) is 5.52. The van der Waals surface area contributed by atoms with E-state index in [2.05, 4.69) is 15.9 Å². The quantitative estimate of drug-likeness (QED) is 0.834. The highest BCUT2D eigenvalue weighted by molar-refractivity contribution is 9.10. The fraction of sp³-hybridized carbons (Fsp3) is 0.300. The van der Waals surface area contributed by atoms with Gasteiger partial charge in [-0.1, -0.05) is 23.2 Å². The number of hydrogen-bond acceptors (Lipinski definition) is 3. The van der Waals surface area contributed by atoms with Crippen molar-refractivity contribution in [2.45, 2.75) is 6.10 Å². The predicted octanol–water partition coefficient (Wildman–Crippen LogP) is 3.23. The van der Waals surface area contributed by atoms with Crippen LogP contribution >= 0.6 is 39.1 Å². The molecule has 94 valence electrons. The summed E-state index contributed by atoms with van der Waals surface area (Å²) in [4.78, 5) is 10.9. The molecular weight excluding hydrogens is 335 g/mol. The maximum Gasteiger partial charge on any atom is 0.347 e. The summed E-state index contributed by atoms with van der Waals surface area (Å²) in [5, 5.41) is 9.54. The maximum atomic E-state index is 10.9. The largest absolute Gasteiger partial charge is 0.478 e. The summed E-state index contributed by atoms with van der Waals surface area (Å²) in [5.74, 6) is -0.939. The second-order valence-corrected chi connectivity index (χ2v) is 4.77. The molecule has 1 N–H and O–H groups in total. The zero-order valence-electron chi connectivity index (χ0n) is 8.75. The Hall–Kier alpha value is -0.490. The second kappa shape index (κ2) is 6.44. The van der Waals surface area contributed by atoms with Gasteiger partial charge in [0.1, 0.15) is 5.75 Å². The molecule has 0 aliphatic rings. The number of benzene rings is 1. The van der Waals surface area contributed by atoms with Crippen molar-refractivity contribution in [3.63, 3.8) is 0 Å². The van der Waals surface area contributed by atoms with Crippen molar-refractivity contribution < 1.29 is 19.4 Å². The van der Waals surface area contributed by atoms with Crippen LogP contribution in [0.15, 0.2) is 16.6 Å². The van der Waals surface area contributed by atoms with Gasteiger partial charge in [-0.3, -0.25) is 0 Å². The number of carbonyl (C=O) groups is 1. The summed E-state index contributed by atoms with van der Waals surface area (Å²) in [6.07, 6.45) is -1.13. The number of carboxylic acids is 1. The molecule has 0 radical (unpaired) electrons. The Labute approximate surface area is 117 Å². The fourth-order valence-corrected chi connectivity index (χ4v) is 1.89. The van der Waals surface area contributed by atoms with E-state index < -0.39 is 12.1 Å². The second-order valence-electron chi connectivity index (χ2n) is 3.10. The third-order valence-corrected chi connectivity index (χ3v) is 3.33. The highest BCUT2D eigenvalue weighted by Gasteiger charge is 2.21. The van der Waals surface area contributed by atoms with Crippen LogP contribution in [0.5, 0.6) is 5.75 Å². The van der Waals surface area contributed by atoms with Crippen molar-refractivity contribution in [2.75, 3.05) is 13.7 Å². The van der Waals surface area contributed by atoms with E-state index in [0.717, 1.165) is 0 Å². The average molecular weight is 344 g/mol. The van der Waals surface area contributed by atoms with Crippen molar-refractivity contribution in [2.24, 2.45) is 0 Å². The predicted molar refractivity (Wildman–Crippen MR) is 68.1 cm³/mol. The standard InChI is InChI=1S/C10H9BrCl2O4/c1-16-4-9(10(14)15)17-8-3-6(12)5(11)2-7(8)13/h2-3,9H,4H2,1H3,(H,14,15). The van der Waals surface area contributed by atoms with Crippen LogP contribution < -0.4 is 4.74 Å². The molecule has 0 fully saturated rings. The molecule has 17 heavy (non-hydrogen) atoms. The van der Waals surface area contributed by atoms with Gasteiger partial charge in [-0.25, -0.2) is 4.79 Å². The number of hydrogen-bond donors (Lipinski definition) is 1. The van der Waals surface area contributed by atoms with Crippen molar-refractivity contribution in [1.82, 2.24) is 0 Å². The van der Waals surface area contributed by atoms with Crippen LogP contribution in [0.3, 0.4) is 0 Å². The number of methoxy groups -OCH3 is 1. The summed E-state index contributed by atoms with van der Waals surface area (Å²) < 4.78 is 10.6. The Balaban J connectivity index is 2.93. The van der Waals surface area contributed by atoms with E-state index in [4.69, 9.17) is 37.8 Å². The zero-order chi connectivity index (χ0) is 13.0. The molecular formula is C10H9BrCl2O4. The zero-order valence-corrected chi connectivity index (χ0v) is 11.8. The van der Waals surface area contributed by atoms with E-state index in [-0.39, 0.29) is 17.4 Å². The first kappa shape index (κ1) is 14.6. The number of ether oxygens (including phenoxy) is 2. The number of halogens is 3. The molecule has 0 saturated heterocycles. The van der Waals surface area contributed by atoms with Gasteiger partial charge in [-0.05, 0) is 22.0 Å². The molecule has 1 atom stereocenters. The van der Waals surface area contributed by atoms with Crippen LogP contribution in [0.4, 0.5) is 0 Å². The molecule has 1 aromatic carbocycles. The first-order valence-corrected chi connectivity index (χ1v) is 6.03. The minimum Gasteiger partial charge on any atom is -0.478 e. The minimum absolute atomic E-state index is 0.0840. The molecule has 0 saturated carbocycles. The summed E-state index contributed by atoms with van der Waals surface area (Å²) in [7, 11) is 1.38. The van der Waals surface area contributed by atoms with E-state index in [1.165, 1.54) is 19.2 Å². The van der Waals surface area contributed by atoms with Crippen LogP contribution in [0, 0.1) is 0 Å². The Morgan fingerprint density at radius 1 is 1.47 bits per heavy atom. The highest BCUT2D eigenvalue weighted by Crippen LogP contribution is 2.34. The molecule has 1 aromatic rings. The van der Waals surface area contributed by atoms with E-state index in [0.29, 0.717) is 9.50 Å². The molecule has 0 amide bonds. The lowest BCUT2D eigenvalue weighted by molar-refractivity contribution is -0.147.